The summed E-state index contributed by atoms with van der Waals surface area (Å²) >= 11 is 0. The molecule has 0 spiro atoms. The smallest absolute Gasteiger partial charge is 0.355 e. The maximum Gasteiger partial charge on any atom is 0.417 e. The molecule has 1 unspecified atom stereocenters. The van der Waals surface area contributed by atoms with Gasteiger partial charge in [0.05, 0.1) is 16.4 Å². The number of rotatable bonds is 5. The largest absolute Gasteiger partial charge is 0.417 e. The molecule has 1 heterocycles. The van der Waals surface area contributed by atoms with E-state index < -0.39 is 32.6 Å². The zero-order chi connectivity index (χ0) is 18.7. The van der Waals surface area contributed by atoms with Crippen molar-refractivity contribution in [1.82, 2.24) is 9.62 Å². The third-order valence-electron chi connectivity index (χ3n) is 4.01. The van der Waals surface area contributed by atoms with E-state index in [-0.39, 0.29) is 32.1 Å². The summed E-state index contributed by atoms with van der Waals surface area (Å²) in [4.78, 5) is 11.2. The Morgan fingerprint density at radius 3 is 2.64 bits per heavy atom. The average Bonchev–Trinajstić information content (AvgIpc) is 2.59. The van der Waals surface area contributed by atoms with Crippen LogP contribution in [-0.4, -0.2) is 44.8 Å². The molecule has 1 atom stereocenters. The van der Waals surface area contributed by atoms with Crippen molar-refractivity contribution in [1.29, 1.82) is 0 Å². The van der Waals surface area contributed by atoms with Crippen molar-refractivity contribution in [2.24, 2.45) is 11.7 Å². The molecule has 1 aliphatic rings. The molecule has 25 heavy (non-hydrogen) atoms. The fraction of sp³-hybridized carbons (Fsp3) is 0.533. The maximum absolute atomic E-state index is 13.1. The third-order valence-corrected chi connectivity index (χ3v) is 5.93. The quantitative estimate of drug-likeness (QED) is 0.804. The van der Waals surface area contributed by atoms with Crippen molar-refractivity contribution in [2.45, 2.75) is 23.9 Å². The first-order valence-electron chi connectivity index (χ1n) is 7.82. The van der Waals surface area contributed by atoms with Crippen molar-refractivity contribution in [2.75, 3.05) is 26.2 Å². The molecular formula is C15H20F3N3O3S. The SMILES string of the molecule is NCCNC(=O)C1CCCN(S(=O)(=O)c2ccccc2C(F)(F)F)C1. The Kier molecular flexibility index (Phi) is 6.07. The molecule has 0 aromatic heterocycles. The van der Waals surface area contributed by atoms with Gasteiger partial charge in [-0.1, -0.05) is 12.1 Å². The van der Waals surface area contributed by atoms with Crippen LogP contribution >= 0.6 is 0 Å². The second-order valence-corrected chi connectivity index (χ2v) is 7.68. The second-order valence-electron chi connectivity index (χ2n) is 5.78. The number of benzene rings is 1. The molecule has 0 aliphatic carbocycles. The molecule has 2 rings (SSSR count). The first kappa shape index (κ1) is 19.7. The number of hydrogen-bond donors (Lipinski definition) is 2. The minimum absolute atomic E-state index is 0.0786. The number of piperidine rings is 1. The van der Waals surface area contributed by atoms with Crippen LogP contribution in [0.3, 0.4) is 0 Å². The number of amides is 1. The topological polar surface area (TPSA) is 92.5 Å². The van der Waals surface area contributed by atoms with Gasteiger partial charge in [0.1, 0.15) is 0 Å². The van der Waals surface area contributed by atoms with E-state index in [2.05, 4.69) is 5.32 Å². The van der Waals surface area contributed by atoms with E-state index in [4.69, 9.17) is 5.73 Å². The molecule has 140 valence electrons. The van der Waals surface area contributed by atoms with Crippen molar-refractivity contribution in [3.8, 4) is 0 Å². The number of nitrogens with zero attached hydrogens (tertiary/aromatic N) is 1. The minimum Gasteiger partial charge on any atom is -0.355 e. The summed E-state index contributed by atoms with van der Waals surface area (Å²) in [6.07, 6.45) is -3.91. The number of carbonyl (C=O) groups is 1. The van der Waals surface area contributed by atoms with E-state index in [0.29, 0.717) is 12.8 Å². The van der Waals surface area contributed by atoms with Crippen LogP contribution < -0.4 is 11.1 Å². The molecule has 1 aromatic rings. The molecule has 0 saturated carbocycles. The van der Waals surface area contributed by atoms with Crippen LogP contribution in [-0.2, 0) is 21.0 Å². The van der Waals surface area contributed by atoms with Gasteiger partial charge in [-0.2, -0.15) is 17.5 Å². The van der Waals surface area contributed by atoms with Gasteiger partial charge in [0.15, 0.2) is 0 Å². The third kappa shape index (κ3) is 4.50. The molecule has 1 fully saturated rings. The lowest BCUT2D eigenvalue weighted by molar-refractivity contribution is -0.140. The van der Waals surface area contributed by atoms with Crippen molar-refractivity contribution < 1.29 is 26.4 Å². The van der Waals surface area contributed by atoms with Crippen LogP contribution in [0.2, 0.25) is 0 Å². The van der Waals surface area contributed by atoms with E-state index in [0.717, 1.165) is 22.5 Å². The predicted molar refractivity (Wildman–Crippen MR) is 85.0 cm³/mol. The molecule has 6 nitrogen and oxygen atoms in total. The molecule has 1 saturated heterocycles. The molecular weight excluding hydrogens is 359 g/mol. The summed E-state index contributed by atoms with van der Waals surface area (Å²) in [6, 6.07) is 4.07. The van der Waals surface area contributed by atoms with Gasteiger partial charge >= 0.3 is 6.18 Å². The van der Waals surface area contributed by atoms with E-state index in [1.807, 2.05) is 0 Å². The average molecular weight is 379 g/mol. The summed E-state index contributed by atoms with van der Waals surface area (Å²) < 4.78 is 65.8. The lowest BCUT2D eigenvalue weighted by atomic mass is 9.99. The summed E-state index contributed by atoms with van der Waals surface area (Å²) in [5.41, 5.74) is 4.10. The van der Waals surface area contributed by atoms with E-state index in [1.165, 1.54) is 6.07 Å². The first-order chi connectivity index (χ1) is 11.7. The number of halogens is 3. The Balaban J connectivity index is 2.27. The highest BCUT2D eigenvalue weighted by Gasteiger charge is 2.40. The van der Waals surface area contributed by atoms with Crippen LogP contribution in [0.5, 0.6) is 0 Å². The Morgan fingerprint density at radius 1 is 1.32 bits per heavy atom. The lowest BCUT2D eigenvalue weighted by Gasteiger charge is -2.31. The molecule has 1 aliphatic heterocycles. The number of nitrogens with two attached hydrogens (primary N) is 1. The molecule has 0 radical (unpaired) electrons. The van der Waals surface area contributed by atoms with E-state index in [1.54, 1.807) is 0 Å². The summed E-state index contributed by atoms with van der Waals surface area (Å²) in [5.74, 6) is -0.942. The number of nitrogens with one attached hydrogen (secondary N) is 1. The van der Waals surface area contributed by atoms with E-state index in [9.17, 15) is 26.4 Å². The Hall–Kier alpha value is -1.65. The van der Waals surface area contributed by atoms with Crippen LogP contribution in [0.15, 0.2) is 29.2 Å². The Bertz CT molecular complexity index is 722. The summed E-state index contributed by atoms with van der Waals surface area (Å²) in [6.45, 7) is 0.443. The highest BCUT2D eigenvalue weighted by Crippen LogP contribution is 2.36. The fourth-order valence-corrected chi connectivity index (χ4v) is 4.52. The first-order valence-corrected chi connectivity index (χ1v) is 9.26. The number of sulfonamides is 1. The van der Waals surface area contributed by atoms with Gasteiger partial charge in [0, 0.05) is 26.2 Å². The van der Waals surface area contributed by atoms with Gasteiger partial charge in [0.25, 0.3) is 0 Å². The van der Waals surface area contributed by atoms with Crippen LogP contribution in [0.25, 0.3) is 0 Å². The van der Waals surface area contributed by atoms with Gasteiger partial charge < -0.3 is 11.1 Å². The summed E-state index contributed by atoms with van der Waals surface area (Å²) in [7, 11) is -4.35. The lowest BCUT2D eigenvalue weighted by Crippen LogP contribution is -2.46. The molecule has 10 heteroatoms. The zero-order valence-corrected chi connectivity index (χ0v) is 14.2. The highest BCUT2D eigenvalue weighted by molar-refractivity contribution is 7.89. The predicted octanol–water partition coefficient (Wildman–Crippen LogP) is 1.18. The Labute approximate surface area is 144 Å². The minimum atomic E-state index is -4.78. The number of hydrogen-bond acceptors (Lipinski definition) is 4. The number of carbonyl (C=O) groups excluding carboxylic acids is 1. The van der Waals surface area contributed by atoms with Crippen LogP contribution in [0.1, 0.15) is 18.4 Å². The van der Waals surface area contributed by atoms with Crippen LogP contribution in [0, 0.1) is 5.92 Å². The van der Waals surface area contributed by atoms with Gasteiger partial charge in [-0.3, -0.25) is 4.79 Å². The van der Waals surface area contributed by atoms with Gasteiger partial charge in [-0.05, 0) is 25.0 Å². The fourth-order valence-electron chi connectivity index (χ4n) is 2.78. The molecule has 3 N–H and O–H groups in total. The van der Waals surface area contributed by atoms with Gasteiger partial charge in [0.2, 0.25) is 15.9 Å². The molecule has 1 aromatic carbocycles. The number of alkyl halides is 3. The zero-order valence-electron chi connectivity index (χ0n) is 13.4. The van der Waals surface area contributed by atoms with Crippen molar-refractivity contribution in [3.63, 3.8) is 0 Å². The van der Waals surface area contributed by atoms with Crippen molar-refractivity contribution in [3.05, 3.63) is 29.8 Å². The van der Waals surface area contributed by atoms with Gasteiger partial charge in [-0.15, -0.1) is 0 Å². The summed E-state index contributed by atoms with van der Waals surface area (Å²) in [5, 5.41) is 2.58. The van der Waals surface area contributed by atoms with Crippen LogP contribution in [0.4, 0.5) is 13.2 Å². The normalized spacial score (nSPS) is 19.6. The highest BCUT2D eigenvalue weighted by atomic mass is 32.2. The monoisotopic (exact) mass is 379 g/mol. The molecule has 1 amide bonds. The molecule has 0 bridgehead atoms. The standard InChI is InChI=1S/C15H20F3N3O3S/c16-15(17,18)12-5-1-2-6-13(12)25(23,24)21-9-3-4-11(10-21)14(22)20-8-7-19/h1-2,5-6,11H,3-4,7-10,19H2,(H,20,22). The van der Waals surface area contributed by atoms with Gasteiger partial charge in [-0.25, -0.2) is 8.42 Å². The van der Waals surface area contributed by atoms with Crippen molar-refractivity contribution >= 4 is 15.9 Å². The second kappa shape index (κ2) is 7.71. The van der Waals surface area contributed by atoms with E-state index >= 15 is 0 Å². The maximum atomic E-state index is 13.1. The Morgan fingerprint density at radius 2 is 2.00 bits per heavy atom.